The molecule has 1 aromatic carbocycles. The fourth-order valence-electron chi connectivity index (χ4n) is 1.63. The lowest BCUT2D eigenvalue weighted by Gasteiger charge is -2.14. The fourth-order valence-corrected chi connectivity index (χ4v) is 1.63. The topological polar surface area (TPSA) is 73.1 Å². The maximum Gasteiger partial charge on any atom is 0.226 e. The van der Waals surface area contributed by atoms with E-state index in [-0.39, 0.29) is 6.04 Å². The average Bonchev–Trinajstić information content (AvgIpc) is 2.39. The number of nitrogens with two attached hydrogens (primary N) is 1. The van der Waals surface area contributed by atoms with Crippen molar-refractivity contribution < 1.29 is 4.74 Å². The molecule has 1 atom stereocenters. The van der Waals surface area contributed by atoms with E-state index in [0.29, 0.717) is 11.8 Å². The number of anilines is 2. The number of benzene rings is 1. The summed E-state index contributed by atoms with van der Waals surface area (Å²) < 4.78 is 5.05. The third-order valence-corrected chi connectivity index (χ3v) is 2.60. The first-order chi connectivity index (χ1) is 8.69. The van der Waals surface area contributed by atoms with Gasteiger partial charge in [-0.25, -0.2) is 4.98 Å². The Bertz CT molecular complexity index is 530. The minimum atomic E-state index is 0.0700. The van der Waals surface area contributed by atoms with Crippen LogP contribution in [-0.2, 0) is 0 Å². The molecule has 0 amide bonds. The summed E-state index contributed by atoms with van der Waals surface area (Å²) in [6, 6.07) is 9.50. The zero-order chi connectivity index (χ0) is 13.0. The summed E-state index contributed by atoms with van der Waals surface area (Å²) in [5.41, 5.74) is 7.58. The zero-order valence-electron chi connectivity index (χ0n) is 10.4. The van der Waals surface area contributed by atoms with Gasteiger partial charge in [0.1, 0.15) is 0 Å². The molecule has 0 aliphatic heterocycles. The molecule has 18 heavy (non-hydrogen) atoms. The fraction of sp³-hybridized carbons (Fsp3) is 0.231. The molecule has 0 aliphatic rings. The molecule has 0 saturated carbocycles. The second kappa shape index (κ2) is 5.35. The molecule has 0 fully saturated rings. The summed E-state index contributed by atoms with van der Waals surface area (Å²) in [7, 11) is 1.58. The van der Waals surface area contributed by atoms with Crippen LogP contribution in [0.2, 0.25) is 0 Å². The summed E-state index contributed by atoms with van der Waals surface area (Å²) in [6.45, 7) is 2.03. The number of aromatic nitrogens is 2. The van der Waals surface area contributed by atoms with Crippen LogP contribution in [-0.4, -0.2) is 17.1 Å². The van der Waals surface area contributed by atoms with Gasteiger partial charge in [-0.1, -0.05) is 12.1 Å². The molecule has 3 N–H and O–H groups in total. The van der Waals surface area contributed by atoms with Gasteiger partial charge in [0.15, 0.2) is 0 Å². The molecule has 2 aromatic rings. The smallest absolute Gasteiger partial charge is 0.226 e. The van der Waals surface area contributed by atoms with Crippen molar-refractivity contribution in [3.63, 3.8) is 0 Å². The second-order valence-corrected chi connectivity index (χ2v) is 3.96. The van der Waals surface area contributed by atoms with Crippen molar-refractivity contribution in [1.82, 2.24) is 9.97 Å². The summed E-state index contributed by atoms with van der Waals surface area (Å²) in [4.78, 5) is 8.35. The average molecular weight is 244 g/mol. The number of nitrogen functional groups attached to an aromatic ring is 1. The Morgan fingerprint density at radius 2 is 2.17 bits per heavy atom. The van der Waals surface area contributed by atoms with Gasteiger partial charge in [-0.05, 0) is 24.6 Å². The van der Waals surface area contributed by atoms with Crippen molar-refractivity contribution in [3.05, 3.63) is 42.1 Å². The molecular formula is C13H16N4O. The second-order valence-electron chi connectivity index (χ2n) is 3.96. The van der Waals surface area contributed by atoms with Crippen LogP contribution in [0.15, 0.2) is 36.5 Å². The van der Waals surface area contributed by atoms with Crippen LogP contribution in [0.25, 0.3) is 0 Å². The first kappa shape index (κ1) is 12.2. The highest BCUT2D eigenvalue weighted by Crippen LogP contribution is 2.19. The molecule has 0 spiro atoms. The van der Waals surface area contributed by atoms with Crippen LogP contribution >= 0.6 is 0 Å². The molecule has 1 heterocycles. The molecule has 2 rings (SSSR count). The predicted molar refractivity (Wildman–Crippen MR) is 71.5 cm³/mol. The molecule has 0 saturated heterocycles. The lowest BCUT2D eigenvalue weighted by atomic mass is 10.1. The van der Waals surface area contributed by atoms with Gasteiger partial charge in [-0.2, -0.15) is 4.98 Å². The van der Waals surface area contributed by atoms with E-state index in [1.54, 1.807) is 19.4 Å². The van der Waals surface area contributed by atoms with Gasteiger partial charge in [0.25, 0.3) is 0 Å². The van der Waals surface area contributed by atoms with E-state index < -0.39 is 0 Å². The van der Waals surface area contributed by atoms with E-state index in [1.807, 2.05) is 31.2 Å². The van der Waals surface area contributed by atoms with E-state index in [2.05, 4.69) is 15.3 Å². The van der Waals surface area contributed by atoms with Gasteiger partial charge in [-0.3, -0.25) is 0 Å². The maximum atomic E-state index is 5.76. The van der Waals surface area contributed by atoms with Crippen molar-refractivity contribution in [2.75, 3.05) is 18.2 Å². The zero-order valence-corrected chi connectivity index (χ0v) is 10.4. The normalized spacial score (nSPS) is 11.9. The van der Waals surface area contributed by atoms with Crippen molar-refractivity contribution in [3.8, 4) is 5.88 Å². The van der Waals surface area contributed by atoms with E-state index in [4.69, 9.17) is 10.5 Å². The highest BCUT2D eigenvalue weighted by Gasteiger charge is 2.07. The Morgan fingerprint density at radius 1 is 1.33 bits per heavy atom. The number of hydrogen-bond donors (Lipinski definition) is 2. The number of nitrogens with zero attached hydrogens (tertiary/aromatic N) is 2. The van der Waals surface area contributed by atoms with Crippen LogP contribution in [0.4, 0.5) is 11.6 Å². The van der Waals surface area contributed by atoms with Gasteiger partial charge in [0.2, 0.25) is 11.8 Å². The number of hydrogen-bond acceptors (Lipinski definition) is 5. The van der Waals surface area contributed by atoms with Crippen molar-refractivity contribution in [2.24, 2.45) is 0 Å². The van der Waals surface area contributed by atoms with Gasteiger partial charge in [0.05, 0.1) is 13.2 Å². The van der Waals surface area contributed by atoms with Crippen LogP contribution in [0.3, 0.4) is 0 Å². The minimum Gasteiger partial charge on any atom is -0.481 e. The lowest BCUT2D eigenvalue weighted by molar-refractivity contribution is 0.397. The first-order valence-electron chi connectivity index (χ1n) is 5.68. The SMILES string of the molecule is COc1ccnc(NC(C)c2cccc(N)c2)n1. The first-order valence-corrected chi connectivity index (χ1v) is 5.68. The third-order valence-electron chi connectivity index (χ3n) is 2.60. The van der Waals surface area contributed by atoms with Crippen LogP contribution in [0, 0.1) is 0 Å². The van der Waals surface area contributed by atoms with Crippen LogP contribution in [0.5, 0.6) is 5.88 Å². The Labute approximate surface area is 106 Å². The molecule has 5 heteroatoms. The number of methoxy groups -OCH3 is 1. The Hall–Kier alpha value is -2.30. The monoisotopic (exact) mass is 244 g/mol. The molecule has 5 nitrogen and oxygen atoms in total. The predicted octanol–water partition coefficient (Wildman–Crippen LogP) is 2.24. The van der Waals surface area contributed by atoms with E-state index in [9.17, 15) is 0 Å². The van der Waals surface area contributed by atoms with Crippen molar-refractivity contribution in [2.45, 2.75) is 13.0 Å². The van der Waals surface area contributed by atoms with Crippen LogP contribution in [0.1, 0.15) is 18.5 Å². The quantitative estimate of drug-likeness (QED) is 0.807. The van der Waals surface area contributed by atoms with E-state index in [0.717, 1.165) is 11.3 Å². The minimum absolute atomic E-state index is 0.0700. The number of rotatable bonds is 4. The van der Waals surface area contributed by atoms with E-state index in [1.165, 1.54) is 0 Å². The summed E-state index contributed by atoms with van der Waals surface area (Å²) in [6.07, 6.45) is 1.65. The maximum absolute atomic E-state index is 5.76. The van der Waals surface area contributed by atoms with Gasteiger partial charge in [-0.15, -0.1) is 0 Å². The van der Waals surface area contributed by atoms with Gasteiger partial charge >= 0.3 is 0 Å². The van der Waals surface area contributed by atoms with Gasteiger partial charge in [0, 0.05) is 18.0 Å². The summed E-state index contributed by atoms with van der Waals surface area (Å²) >= 11 is 0. The van der Waals surface area contributed by atoms with Gasteiger partial charge < -0.3 is 15.8 Å². The highest BCUT2D eigenvalue weighted by molar-refractivity contribution is 5.43. The summed E-state index contributed by atoms with van der Waals surface area (Å²) in [5, 5.41) is 3.20. The molecular weight excluding hydrogens is 228 g/mol. The Kier molecular flexibility index (Phi) is 3.62. The standard InChI is InChI=1S/C13H16N4O/c1-9(10-4-3-5-11(14)8-10)16-13-15-7-6-12(17-13)18-2/h3-9H,14H2,1-2H3,(H,15,16,17). The summed E-state index contributed by atoms with van der Waals surface area (Å²) in [5.74, 6) is 1.07. The highest BCUT2D eigenvalue weighted by atomic mass is 16.5. The molecule has 0 bridgehead atoms. The van der Waals surface area contributed by atoms with Crippen molar-refractivity contribution >= 4 is 11.6 Å². The Balaban J connectivity index is 2.13. The number of nitrogens with one attached hydrogen (secondary N) is 1. The third kappa shape index (κ3) is 2.88. The lowest BCUT2D eigenvalue weighted by Crippen LogP contribution is -2.09. The molecule has 0 radical (unpaired) electrons. The molecule has 0 aliphatic carbocycles. The van der Waals surface area contributed by atoms with Crippen LogP contribution < -0.4 is 15.8 Å². The molecule has 1 aromatic heterocycles. The molecule has 1 unspecified atom stereocenters. The van der Waals surface area contributed by atoms with Crippen molar-refractivity contribution in [1.29, 1.82) is 0 Å². The number of ether oxygens (including phenoxy) is 1. The largest absolute Gasteiger partial charge is 0.481 e. The Morgan fingerprint density at radius 3 is 2.89 bits per heavy atom. The molecule has 94 valence electrons. The van der Waals surface area contributed by atoms with E-state index >= 15 is 0 Å².